The number of carbonyl (C=O) groups excluding carboxylic acids is 2. The number of rotatable bonds is 3. The summed E-state index contributed by atoms with van der Waals surface area (Å²) < 4.78 is 4.95. The Morgan fingerprint density at radius 3 is 2.29 bits per heavy atom. The van der Waals surface area contributed by atoms with Crippen LogP contribution in [-0.2, 0) is 9.53 Å². The van der Waals surface area contributed by atoms with E-state index < -0.39 is 23.5 Å². The summed E-state index contributed by atoms with van der Waals surface area (Å²) in [6, 6.07) is 0. The Morgan fingerprint density at radius 2 is 1.93 bits per heavy atom. The SMILES string of the molecule is CC(CNC(=O)OC(C)(C)C)C([NH])=O. The number of hydrogen-bond acceptors (Lipinski definition) is 3. The van der Waals surface area contributed by atoms with Gasteiger partial charge in [-0.25, -0.2) is 4.79 Å². The summed E-state index contributed by atoms with van der Waals surface area (Å²) in [4.78, 5) is 21.6. The molecule has 2 amide bonds. The highest BCUT2D eigenvalue weighted by Gasteiger charge is 2.17. The lowest BCUT2D eigenvalue weighted by atomic mass is 10.2. The maximum atomic E-state index is 11.1. The number of ether oxygens (including phenoxy) is 1. The normalized spacial score (nSPS) is 13.1. The Hall–Kier alpha value is -1.26. The molecule has 81 valence electrons. The molecular weight excluding hydrogens is 184 g/mol. The van der Waals surface area contributed by atoms with Gasteiger partial charge in [0, 0.05) is 6.54 Å². The first-order valence-corrected chi connectivity index (χ1v) is 4.44. The van der Waals surface area contributed by atoms with Gasteiger partial charge in [-0.15, -0.1) is 0 Å². The first-order valence-electron chi connectivity index (χ1n) is 4.44. The molecule has 0 rings (SSSR count). The fraction of sp³-hybridized carbons (Fsp3) is 0.778. The van der Waals surface area contributed by atoms with Crippen molar-refractivity contribution in [3.63, 3.8) is 0 Å². The molecule has 0 aromatic rings. The number of nitrogens with one attached hydrogen (secondary N) is 2. The van der Waals surface area contributed by atoms with Crippen LogP contribution in [0, 0.1) is 5.92 Å². The van der Waals surface area contributed by atoms with Crippen molar-refractivity contribution in [3.05, 3.63) is 0 Å². The minimum atomic E-state index is -0.693. The Kier molecular flexibility index (Phi) is 4.40. The number of hydrogen-bond donors (Lipinski definition) is 1. The van der Waals surface area contributed by atoms with Crippen molar-refractivity contribution in [2.75, 3.05) is 6.54 Å². The summed E-state index contributed by atoms with van der Waals surface area (Å²) in [5.74, 6) is -1.19. The second-order valence-electron chi connectivity index (χ2n) is 4.15. The lowest BCUT2D eigenvalue weighted by Crippen LogP contribution is -2.36. The van der Waals surface area contributed by atoms with Crippen LogP contribution in [-0.4, -0.2) is 24.1 Å². The highest BCUT2D eigenvalue weighted by atomic mass is 16.6. The third-order valence-electron chi connectivity index (χ3n) is 1.40. The van der Waals surface area contributed by atoms with E-state index in [9.17, 15) is 9.59 Å². The van der Waals surface area contributed by atoms with E-state index in [1.54, 1.807) is 27.7 Å². The lowest BCUT2D eigenvalue weighted by Gasteiger charge is -2.20. The largest absolute Gasteiger partial charge is 0.444 e. The van der Waals surface area contributed by atoms with Crippen molar-refractivity contribution in [2.24, 2.45) is 5.92 Å². The van der Waals surface area contributed by atoms with Gasteiger partial charge in [-0.1, -0.05) is 6.92 Å². The van der Waals surface area contributed by atoms with E-state index in [1.807, 2.05) is 0 Å². The minimum Gasteiger partial charge on any atom is -0.444 e. The third-order valence-corrected chi connectivity index (χ3v) is 1.40. The van der Waals surface area contributed by atoms with Gasteiger partial charge in [0.1, 0.15) is 5.60 Å². The zero-order chi connectivity index (χ0) is 11.4. The number of carbonyl (C=O) groups is 2. The molecule has 0 saturated heterocycles. The van der Waals surface area contributed by atoms with E-state index in [4.69, 9.17) is 10.5 Å². The predicted molar refractivity (Wildman–Crippen MR) is 51.5 cm³/mol. The summed E-state index contributed by atoms with van der Waals surface area (Å²) in [6.45, 7) is 6.98. The molecule has 14 heavy (non-hydrogen) atoms. The molecule has 2 N–H and O–H groups in total. The summed E-state index contributed by atoms with van der Waals surface area (Å²) in [5, 5.41) is 2.42. The van der Waals surface area contributed by atoms with Gasteiger partial charge in [0.05, 0.1) is 5.92 Å². The third kappa shape index (κ3) is 6.28. The van der Waals surface area contributed by atoms with Crippen LogP contribution in [0.1, 0.15) is 27.7 Å². The van der Waals surface area contributed by atoms with Crippen LogP contribution in [0.3, 0.4) is 0 Å². The standard InChI is InChI=1S/C9H17N2O3/c1-6(7(10)12)5-11-8(13)14-9(2,3)4/h6,10H,5H2,1-4H3,(H,11,13). The van der Waals surface area contributed by atoms with Gasteiger partial charge in [-0.2, -0.15) is 0 Å². The molecule has 1 unspecified atom stereocenters. The van der Waals surface area contributed by atoms with Gasteiger partial charge in [0.25, 0.3) is 0 Å². The molecule has 5 heteroatoms. The van der Waals surface area contributed by atoms with E-state index >= 15 is 0 Å². The van der Waals surface area contributed by atoms with Crippen LogP contribution in [0.25, 0.3) is 0 Å². The first-order chi connectivity index (χ1) is 6.22. The fourth-order valence-corrected chi connectivity index (χ4v) is 0.643. The number of amides is 2. The molecule has 1 atom stereocenters. The van der Waals surface area contributed by atoms with Crippen LogP contribution in [0.2, 0.25) is 0 Å². The summed E-state index contributed by atoms with van der Waals surface area (Å²) in [7, 11) is 0. The van der Waals surface area contributed by atoms with Gasteiger partial charge < -0.3 is 10.1 Å². The Bertz CT molecular complexity index is 221. The fourth-order valence-electron chi connectivity index (χ4n) is 0.643. The van der Waals surface area contributed by atoms with Crippen LogP contribution in [0.15, 0.2) is 0 Å². The van der Waals surface area contributed by atoms with Crippen molar-refractivity contribution in [1.29, 1.82) is 0 Å². The molecule has 0 aromatic heterocycles. The van der Waals surface area contributed by atoms with Crippen LogP contribution in [0.5, 0.6) is 0 Å². The predicted octanol–water partition coefficient (Wildman–Crippen LogP) is 0.957. The topological polar surface area (TPSA) is 79.2 Å². The van der Waals surface area contributed by atoms with Crippen LogP contribution < -0.4 is 11.1 Å². The van der Waals surface area contributed by atoms with E-state index in [-0.39, 0.29) is 6.54 Å². The first kappa shape index (κ1) is 12.7. The summed E-state index contributed by atoms with van der Waals surface area (Å²) in [5.41, 5.74) is 6.23. The molecule has 0 aromatic carbocycles. The van der Waals surface area contributed by atoms with E-state index in [0.29, 0.717) is 0 Å². The van der Waals surface area contributed by atoms with E-state index in [2.05, 4.69) is 5.32 Å². The second kappa shape index (κ2) is 4.83. The molecule has 0 spiro atoms. The van der Waals surface area contributed by atoms with Crippen molar-refractivity contribution in [2.45, 2.75) is 33.3 Å². The highest BCUT2D eigenvalue weighted by molar-refractivity contribution is 5.76. The van der Waals surface area contributed by atoms with Gasteiger partial charge in [-0.05, 0) is 20.8 Å². The molecule has 1 radical (unpaired) electrons. The van der Waals surface area contributed by atoms with Crippen LogP contribution in [0.4, 0.5) is 4.79 Å². The van der Waals surface area contributed by atoms with Crippen molar-refractivity contribution in [3.8, 4) is 0 Å². The molecule has 0 heterocycles. The molecule has 0 aliphatic carbocycles. The monoisotopic (exact) mass is 201 g/mol. The van der Waals surface area contributed by atoms with Crippen molar-refractivity contribution >= 4 is 12.0 Å². The second-order valence-corrected chi connectivity index (χ2v) is 4.15. The van der Waals surface area contributed by atoms with Gasteiger partial charge in [0.2, 0.25) is 5.91 Å². The lowest BCUT2D eigenvalue weighted by molar-refractivity contribution is -0.121. The van der Waals surface area contributed by atoms with Gasteiger partial charge in [-0.3, -0.25) is 10.5 Å². The van der Waals surface area contributed by atoms with Gasteiger partial charge in [0.15, 0.2) is 0 Å². The average molecular weight is 201 g/mol. The summed E-state index contributed by atoms with van der Waals surface area (Å²) in [6.07, 6.45) is -0.564. The summed E-state index contributed by atoms with van der Waals surface area (Å²) >= 11 is 0. The minimum absolute atomic E-state index is 0.136. The van der Waals surface area contributed by atoms with Gasteiger partial charge >= 0.3 is 6.09 Å². The smallest absolute Gasteiger partial charge is 0.407 e. The Balaban J connectivity index is 3.81. The molecule has 0 fully saturated rings. The Morgan fingerprint density at radius 1 is 1.43 bits per heavy atom. The number of alkyl carbamates (subject to hydrolysis) is 1. The van der Waals surface area contributed by atoms with Crippen LogP contribution >= 0.6 is 0 Å². The maximum absolute atomic E-state index is 11.1. The molecule has 0 bridgehead atoms. The zero-order valence-corrected chi connectivity index (χ0v) is 9.01. The van der Waals surface area contributed by atoms with E-state index in [0.717, 1.165) is 0 Å². The van der Waals surface area contributed by atoms with Crippen molar-refractivity contribution < 1.29 is 14.3 Å². The molecular formula is C9H17N2O3. The highest BCUT2D eigenvalue weighted by Crippen LogP contribution is 2.06. The molecule has 0 aliphatic heterocycles. The Labute approximate surface area is 84.0 Å². The molecule has 0 saturated carbocycles. The molecule has 5 nitrogen and oxygen atoms in total. The quantitative estimate of drug-likeness (QED) is 0.738. The van der Waals surface area contributed by atoms with Crippen molar-refractivity contribution in [1.82, 2.24) is 11.1 Å². The zero-order valence-electron chi connectivity index (χ0n) is 9.01. The molecule has 0 aliphatic rings. The average Bonchev–Trinajstić information content (AvgIpc) is 1.96. The van der Waals surface area contributed by atoms with E-state index in [1.165, 1.54) is 0 Å². The maximum Gasteiger partial charge on any atom is 0.407 e.